The minimum Gasteiger partial charge on any atom is -0.325 e. The fourth-order valence-corrected chi connectivity index (χ4v) is 4.59. The second-order valence-electron chi connectivity index (χ2n) is 6.61. The molecule has 0 aliphatic carbocycles. The van der Waals surface area contributed by atoms with Gasteiger partial charge < -0.3 is 10.3 Å². The Morgan fingerprint density at radius 1 is 1.33 bits per heavy atom. The van der Waals surface area contributed by atoms with Crippen molar-refractivity contribution in [3.63, 3.8) is 0 Å². The van der Waals surface area contributed by atoms with E-state index in [4.69, 9.17) is 0 Å². The quantitative estimate of drug-likeness (QED) is 0.448. The van der Waals surface area contributed by atoms with Gasteiger partial charge in [-0.3, -0.25) is 9.59 Å². The number of nitrogens with one attached hydrogen (secondary N) is 2. The van der Waals surface area contributed by atoms with Crippen LogP contribution in [-0.4, -0.2) is 21.6 Å². The van der Waals surface area contributed by atoms with Crippen molar-refractivity contribution >= 4 is 44.9 Å². The first-order valence-corrected chi connectivity index (χ1v) is 10.8. The van der Waals surface area contributed by atoms with Crippen LogP contribution in [0.3, 0.4) is 0 Å². The zero-order valence-corrected chi connectivity index (χ0v) is 17.3. The highest BCUT2D eigenvalue weighted by Gasteiger charge is 2.17. The fraction of sp³-hybridized carbons (Fsp3) is 0.350. The molecule has 0 unspecified atom stereocenters. The maximum absolute atomic E-state index is 12.6. The Hall–Kier alpha value is -2.12. The number of aryl methyl sites for hydroxylation is 1. The summed E-state index contributed by atoms with van der Waals surface area (Å²) in [6.07, 6.45) is 1.96. The van der Waals surface area contributed by atoms with Gasteiger partial charge in [0, 0.05) is 10.6 Å². The van der Waals surface area contributed by atoms with Crippen molar-refractivity contribution in [3.05, 3.63) is 51.1 Å². The molecule has 3 rings (SSSR count). The van der Waals surface area contributed by atoms with E-state index < -0.39 is 0 Å². The van der Waals surface area contributed by atoms with Crippen molar-refractivity contribution in [1.82, 2.24) is 9.97 Å². The first kappa shape index (κ1) is 19.6. The third-order valence-electron chi connectivity index (χ3n) is 4.49. The van der Waals surface area contributed by atoms with Gasteiger partial charge in [0.15, 0.2) is 5.16 Å². The summed E-state index contributed by atoms with van der Waals surface area (Å²) in [7, 11) is 0. The molecule has 2 heterocycles. The van der Waals surface area contributed by atoms with Gasteiger partial charge in [0.25, 0.3) is 5.56 Å². The molecular weight excluding hydrogens is 378 g/mol. The number of benzene rings is 1. The minimum absolute atomic E-state index is 0.117. The predicted molar refractivity (Wildman–Crippen MR) is 114 cm³/mol. The maximum atomic E-state index is 12.6. The van der Waals surface area contributed by atoms with Gasteiger partial charge in [0.05, 0.1) is 11.1 Å². The Labute approximate surface area is 166 Å². The van der Waals surface area contributed by atoms with Crippen LogP contribution < -0.4 is 10.9 Å². The first-order valence-electron chi connectivity index (χ1n) is 8.98. The van der Waals surface area contributed by atoms with Crippen LogP contribution in [0.1, 0.15) is 30.7 Å². The molecular formula is C20H23N3O2S2. The lowest BCUT2D eigenvalue weighted by Gasteiger charge is -2.08. The summed E-state index contributed by atoms with van der Waals surface area (Å²) in [5, 5.41) is 4.01. The number of aromatic nitrogens is 2. The maximum Gasteiger partial charge on any atom is 0.260 e. The molecule has 0 spiro atoms. The van der Waals surface area contributed by atoms with Crippen LogP contribution in [0.25, 0.3) is 10.2 Å². The largest absolute Gasteiger partial charge is 0.325 e. The Morgan fingerprint density at radius 3 is 2.78 bits per heavy atom. The van der Waals surface area contributed by atoms with Crippen LogP contribution in [0.2, 0.25) is 0 Å². The van der Waals surface area contributed by atoms with Crippen molar-refractivity contribution in [2.45, 2.75) is 38.8 Å². The number of fused-ring (bicyclic) bond motifs is 1. The van der Waals surface area contributed by atoms with E-state index in [1.807, 2.05) is 37.3 Å². The zero-order chi connectivity index (χ0) is 19.4. The van der Waals surface area contributed by atoms with Crippen LogP contribution in [0.4, 0.5) is 5.69 Å². The van der Waals surface area contributed by atoms with Gasteiger partial charge in [-0.1, -0.05) is 50.2 Å². The van der Waals surface area contributed by atoms with Gasteiger partial charge in [-0.15, -0.1) is 11.3 Å². The Balaban J connectivity index is 1.75. The molecule has 3 aromatic rings. The van der Waals surface area contributed by atoms with Gasteiger partial charge in [0.1, 0.15) is 4.83 Å². The predicted octanol–water partition coefficient (Wildman–Crippen LogP) is 4.61. The van der Waals surface area contributed by atoms with Crippen molar-refractivity contribution in [2.75, 3.05) is 11.1 Å². The topological polar surface area (TPSA) is 74.8 Å². The number of hydrogen-bond acceptors (Lipinski definition) is 5. The first-order chi connectivity index (χ1) is 13.0. The van der Waals surface area contributed by atoms with Gasteiger partial charge >= 0.3 is 0 Å². The molecule has 0 aliphatic heterocycles. The number of thioether (sulfide) groups is 1. The molecule has 0 aliphatic rings. The zero-order valence-electron chi connectivity index (χ0n) is 15.7. The van der Waals surface area contributed by atoms with Gasteiger partial charge in [-0.25, -0.2) is 4.98 Å². The molecule has 27 heavy (non-hydrogen) atoms. The van der Waals surface area contributed by atoms with Crippen molar-refractivity contribution in [3.8, 4) is 0 Å². The van der Waals surface area contributed by atoms with Crippen LogP contribution in [-0.2, 0) is 11.2 Å². The number of hydrogen-bond donors (Lipinski definition) is 2. The number of anilines is 1. The highest BCUT2D eigenvalue weighted by Crippen LogP contribution is 2.30. The highest BCUT2D eigenvalue weighted by atomic mass is 32.2. The molecule has 2 N–H and O–H groups in total. The number of carbonyl (C=O) groups excluding carboxylic acids is 1. The summed E-state index contributed by atoms with van der Waals surface area (Å²) in [4.78, 5) is 34.0. The number of nitrogens with zero attached hydrogens (tertiary/aromatic N) is 1. The average molecular weight is 402 g/mol. The van der Waals surface area contributed by atoms with E-state index in [9.17, 15) is 9.59 Å². The molecule has 1 aromatic carbocycles. The fourth-order valence-electron chi connectivity index (χ4n) is 2.81. The van der Waals surface area contributed by atoms with E-state index >= 15 is 0 Å². The number of para-hydroxylation sites is 1. The molecule has 7 heteroatoms. The molecule has 2 aromatic heterocycles. The van der Waals surface area contributed by atoms with Crippen LogP contribution >= 0.6 is 23.1 Å². The molecule has 0 fully saturated rings. The molecule has 1 atom stereocenters. The average Bonchev–Trinajstić information content (AvgIpc) is 2.96. The second-order valence-corrected chi connectivity index (χ2v) is 8.78. The van der Waals surface area contributed by atoms with Gasteiger partial charge in [0.2, 0.25) is 5.91 Å². The van der Waals surface area contributed by atoms with Gasteiger partial charge in [-0.2, -0.15) is 0 Å². The smallest absolute Gasteiger partial charge is 0.260 e. The number of rotatable bonds is 7. The molecule has 0 radical (unpaired) electrons. The lowest BCUT2D eigenvalue weighted by molar-refractivity contribution is -0.113. The monoisotopic (exact) mass is 401 g/mol. The molecule has 0 bridgehead atoms. The van der Waals surface area contributed by atoms with Crippen molar-refractivity contribution in [2.24, 2.45) is 5.92 Å². The van der Waals surface area contributed by atoms with Crippen LogP contribution in [0.15, 0.2) is 40.3 Å². The van der Waals surface area contributed by atoms with E-state index in [1.165, 1.54) is 11.8 Å². The third-order valence-corrected chi connectivity index (χ3v) is 6.40. The Morgan fingerprint density at radius 2 is 2.07 bits per heavy atom. The number of amides is 1. The van der Waals surface area contributed by atoms with Crippen LogP contribution in [0.5, 0.6) is 0 Å². The number of H-pyrrole nitrogens is 1. The standard InChI is InChI=1S/C20H23N3O2S2/c1-4-12(2)10-15-13(3)27-19-17(15)18(25)22-20(23-19)26-11-16(24)21-14-8-6-5-7-9-14/h5-9,12H,4,10-11H2,1-3H3,(H,21,24)(H,22,23,25)/t12-/m0/s1. The Kier molecular flexibility index (Phi) is 6.34. The van der Waals surface area contributed by atoms with Gasteiger partial charge in [-0.05, 0) is 37.0 Å². The van der Waals surface area contributed by atoms with E-state index in [0.717, 1.165) is 33.8 Å². The third kappa shape index (κ3) is 4.78. The number of carbonyl (C=O) groups is 1. The normalized spacial score (nSPS) is 12.3. The van der Waals surface area contributed by atoms with Crippen molar-refractivity contribution in [1.29, 1.82) is 0 Å². The summed E-state index contributed by atoms with van der Waals surface area (Å²) in [6.45, 7) is 6.40. The Bertz CT molecular complexity index is 996. The van der Waals surface area contributed by atoms with Crippen LogP contribution in [0, 0.1) is 12.8 Å². The van der Waals surface area contributed by atoms with E-state index in [1.54, 1.807) is 11.3 Å². The molecule has 0 saturated heterocycles. The van der Waals surface area contributed by atoms with E-state index in [-0.39, 0.29) is 17.2 Å². The summed E-state index contributed by atoms with van der Waals surface area (Å²) >= 11 is 2.79. The second kappa shape index (κ2) is 8.71. The molecule has 0 saturated carbocycles. The lowest BCUT2D eigenvalue weighted by atomic mass is 9.98. The number of thiophene rings is 1. The van der Waals surface area contributed by atoms with E-state index in [2.05, 4.69) is 29.1 Å². The molecule has 5 nitrogen and oxygen atoms in total. The summed E-state index contributed by atoms with van der Waals surface area (Å²) in [6, 6.07) is 9.30. The SMILES string of the molecule is CC[C@H](C)Cc1c(C)sc2nc(SCC(=O)Nc3ccccc3)[nH]c(=O)c12. The van der Waals surface area contributed by atoms with Crippen molar-refractivity contribution < 1.29 is 4.79 Å². The van der Waals surface area contributed by atoms with E-state index in [0.29, 0.717) is 16.5 Å². The summed E-state index contributed by atoms with van der Waals surface area (Å²) in [5.41, 5.74) is 1.74. The molecule has 1 amide bonds. The number of aromatic amines is 1. The minimum atomic E-state index is -0.131. The summed E-state index contributed by atoms with van der Waals surface area (Å²) < 4.78 is 0. The highest BCUT2D eigenvalue weighted by molar-refractivity contribution is 7.99. The summed E-state index contributed by atoms with van der Waals surface area (Å²) in [5.74, 6) is 0.582. The lowest BCUT2D eigenvalue weighted by Crippen LogP contribution is -2.15. The molecule has 142 valence electrons.